The average molecular weight is 407 g/mol. The van der Waals surface area contributed by atoms with Gasteiger partial charge in [-0.1, -0.05) is 41.9 Å². The van der Waals surface area contributed by atoms with E-state index in [0.717, 1.165) is 10.2 Å². The summed E-state index contributed by atoms with van der Waals surface area (Å²) >= 11 is 5.84. The second kappa shape index (κ2) is 10.9. The molecule has 2 heterocycles. The van der Waals surface area contributed by atoms with Crippen LogP contribution in [0.3, 0.4) is 0 Å². The number of benzene rings is 1. The fourth-order valence-electron chi connectivity index (χ4n) is 1.98. The summed E-state index contributed by atoms with van der Waals surface area (Å²) < 4.78 is 16.2. The summed E-state index contributed by atoms with van der Waals surface area (Å²) in [7, 11) is 2.91. The Morgan fingerprint density at radius 2 is 1.86 bits per heavy atom. The maximum absolute atomic E-state index is 11.8. The average Bonchev–Trinajstić information content (AvgIpc) is 2.72. The Morgan fingerprint density at radius 3 is 2.46 bits per heavy atom. The maximum Gasteiger partial charge on any atom is 0.291 e. The SMILES string of the molecule is COc1cn[nH]c(=O)c1.COc1cnn(COCc2ccccc2)c(=O)c1Cl. The number of hydrogen-bond donors (Lipinski definition) is 1. The molecule has 3 rings (SSSR count). The molecule has 0 saturated carbocycles. The lowest BCUT2D eigenvalue weighted by Gasteiger charge is -2.08. The van der Waals surface area contributed by atoms with Gasteiger partial charge in [0.15, 0.2) is 10.8 Å². The molecule has 1 N–H and O–H groups in total. The van der Waals surface area contributed by atoms with Gasteiger partial charge in [0, 0.05) is 6.07 Å². The van der Waals surface area contributed by atoms with E-state index in [2.05, 4.69) is 15.3 Å². The van der Waals surface area contributed by atoms with Crippen molar-refractivity contribution >= 4 is 11.6 Å². The highest BCUT2D eigenvalue weighted by Crippen LogP contribution is 2.16. The molecule has 0 amide bonds. The molecule has 2 aromatic heterocycles. The maximum atomic E-state index is 11.8. The van der Waals surface area contributed by atoms with Crippen molar-refractivity contribution in [3.8, 4) is 11.5 Å². The minimum Gasteiger partial charge on any atom is -0.495 e. The summed E-state index contributed by atoms with van der Waals surface area (Å²) in [6, 6.07) is 11.0. The predicted molar refractivity (Wildman–Crippen MR) is 103 cm³/mol. The number of aromatic amines is 1. The van der Waals surface area contributed by atoms with Crippen LogP contribution >= 0.6 is 11.6 Å². The Kier molecular flexibility index (Phi) is 8.19. The number of H-pyrrole nitrogens is 1. The molecular formula is C18H19ClN4O5. The van der Waals surface area contributed by atoms with Gasteiger partial charge < -0.3 is 14.2 Å². The first-order valence-corrected chi connectivity index (χ1v) is 8.43. The highest BCUT2D eigenvalue weighted by atomic mass is 35.5. The van der Waals surface area contributed by atoms with E-state index in [-0.39, 0.29) is 23.1 Å². The third-order valence-electron chi connectivity index (χ3n) is 3.37. The van der Waals surface area contributed by atoms with Crippen molar-refractivity contribution in [3.63, 3.8) is 0 Å². The van der Waals surface area contributed by atoms with Crippen LogP contribution in [-0.2, 0) is 18.1 Å². The Morgan fingerprint density at radius 1 is 1.11 bits per heavy atom. The summed E-state index contributed by atoms with van der Waals surface area (Å²) in [6.45, 7) is 0.441. The van der Waals surface area contributed by atoms with Crippen LogP contribution in [0.2, 0.25) is 5.02 Å². The van der Waals surface area contributed by atoms with Crippen molar-refractivity contribution in [2.75, 3.05) is 14.2 Å². The first-order chi connectivity index (χ1) is 13.5. The van der Waals surface area contributed by atoms with Crippen LogP contribution < -0.4 is 20.6 Å². The summed E-state index contributed by atoms with van der Waals surface area (Å²) in [5, 5.41) is 9.62. The minimum absolute atomic E-state index is 0.000751. The van der Waals surface area contributed by atoms with E-state index in [9.17, 15) is 9.59 Å². The third kappa shape index (κ3) is 6.22. The lowest BCUT2D eigenvalue weighted by atomic mass is 10.2. The molecule has 10 heteroatoms. The zero-order chi connectivity index (χ0) is 20.4. The minimum atomic E-state index is -0.436. The number of nitrogens with one attached hydrogen (secondary N) is 1. The Balaban J connectivity index is 0.000000261. The van der Waals surface area contributed by atoms with Gasteiger partial charge in [0.1, 0.15) is 12.5 Å². The number of hydrogen-bond acceptors (Lipinski definition) is 7. The van der Waals surface area contributed by atoms with Gasteiger partial charge in [-0.3, -0.25) is 9.59 Å². The molecule has 3 aromatic rings. The van der Waals surface area contributed by atoms with Gasteiger partial charge >= 0.3 is 0 Å². The number of aromatic nitrogens is 4. The quantitative estimate of drug-likeness (QED) is 0.665. The Hall–Kier alpha value is -3.17. The van der Waals surface area contributed by atoms with E-state index in [4.69, 9.17) is 25.8 Å². The smallest absolute Gasteiger partial charge is 0.291 e. The molecule has 9 nitrogen and oxygen atoms in total. The molecule has 28 heavy (non-hydrogen) atoms. The standard InChI is InChI=1S/C13H13ClN2O3.C5H6N2O2/c1-18-11-7-15-16(13(17)12(11)14)9-19-8-10-5-3-2-4-6-10;1-9-4-2-5(8)7-6-3-4/h2-7H,8-9H2,1H3;2-3H,1H3,(H,7,8). The van der Waals surface area contributed by atoms with Gasteiger partial charge in [-0.15, -0.1) is 0 Å². The molecule has 0 aliphatic heterocycles. The predicted octanol–water partition coefficient (Wildman–Crippen LogP) is 1.86. The summed E-state index contributed by atoms with van der Waals surface area (Å²) in [6.07, 6.45) is 2.82. The molecular weight excluding hydrogens is 388 g/mol. The van der Waals surface area contributed by atoms with Crippen LogP contribution in [-0.4, -0.2) is 34.2 Å². The molecule has 0 aliphatic carbocycles. The van der Waals surface area contributed by atoms with Gasteiger partial charge in [-0.25, -0.2) is 9.78 Å². The number of ether oxygens (including phenoxy) is 3. The lowest BCUT2D eigenvalue weighted by Crippen LogP contribution is -2.24. The van der Waals surface area contributed by atoms with E-state index < -0.39 is 5.56 Å². The van der Waals surface area contributed by atoms with Crippen LogP contribution in [0.5, 0.6) is 11.5 Å². The van der Waals surface area contributed by atoms with E-state index in [0.29, 0.717) is 12.4 Å². The zero-order valence-electron chi connectivity index (χ0n) is 15.3. The fourth-order valence-corrected chi connectivity index (χ4v) is 2.20. The van der Waals surface area contributed by atoms with Gasteiger partial charge in [0.05, 0.1) is 33.2 Å². The van der Waals surface area contributed by atoms with Gasteiger partial charge in [-0.05, 0) is 5.56 Å². The molecule has 148 valence electrons. The highest BCUT2D eigenvalue weighted by molar-refractivity contribution is 6.31. The second-order valence-corrected chi connectivity index (χ2v) is 5.66. The fraction of sp³-hybridized carbons (Fsp3) is 0.222. The molecule has 0 unspecified atom stereocenters. The Bertz CT molecular complexity index is 991. The van der Waals surface area contributed by atoms with Gasteiger partial charge in [0.2, 0.25) is 0 Å². The van der Waals surface area contributed by atoms with E-state index in [1.165, 1.54) is 32.7 Å². The van der Waals surface area contributed by atoms with E-state index >= 15 is 0 Å². The molecule has 0 radical (unpaired) electrons. The largest absolute Gasteiger partial charge is 0.495 e. The van der Waals surface area contributed by atoms with Crippen molar-refractivity contribution in [1.82, 2.24) is 20.0 Å². The number of rotatable bonds is 6. The van der Waals surface area contributed by atoms with Crippen molar-refractivity contribution in [3.05, 3.63) is 80.1 Å². The van der Waals surface area contributed by atoms with Crippen molar-refractivity contribution in [2.45, 2.75) is 13.3 Å². The normalized spacial score (nSPS) is 9.96. The monoisotopic (exact) mass is 406 g/mol. The second-order valence-electron chi connectivity index (χ2n) is 5.28. The molecule has 0 atom stereocenters. The topological polar surface area (TPSA) is 108 Å². The van der Waals surface area contributed by atoms with Crippen molar-refractivity contribution in [1.29, 1.82) is 0 Å². The first kappa shape index (κ1) is 21.1. The van der Waals surface area contributed by atoms with Crippen LogP contribution in [0.1, 0.15) is 5.56 Å². The Labute approximate surface area is 165 Å². The molecule has 1 aromatic carbocycles. The zero-order valence-corrected chi connectivity index (χ0v) is 16.0. The summed E-state index contributed by atoms with van der Waals surface area (Å²) in [5.41, 5.74) is 0.332. The summed E-state index contributed by atoms with van der Waals surface area (Å²) in [4.78, 5) is 22.3. The van der Waals surface area contributed by atoms with Crippen LogP contribution in [0.15, 0.2) is 58.4 Å². The lowest BCUT2D eigenvalue weighted by molar-refractivity contribution is 0.0526. The van der Waals surface area contributed by atoms with Crippen LogP contribution in [0.4, 0.5) is 0 Å². The summed E-state index contributed by atoms with van der Waals surface area (Å²) in [5.74, 6) is 0.727. The highest BCUT2D eigenvalue weighted by Gasteiger charge is 2.09. The van der Waals surface area contributed by atoms with E-state index in [1.807, 2.05) is 30.3 Å². The molecule has 0 fully saturated rings. The molecule has 0 spiro atoms. The number of nitrogens with zero attached hydrogens (tertiary/aromatic N) is 3. The van der Waals surface area contributed by atoms with Gasteiger partial charge in [-0.2, -0.15) is 10.2 Å². The molecule has 0 aliphatic rings. The first-order valence-electron chi connectivity index (χ1n) is 8.05. The van der Waals surface area contributed by atoms with Crippen molar-refractivity contribution < 1.29 is 14.2 Å². The van der Waals surface area contributed by atoms with Crippen LogP contribution in [0.25, 0.3) is 0 Å². The van der Waals surface area contributed by atoms with Crippen LogP contribution in [0, 0.1) is 0 Å². The molecule has 0 bridgehead atoms. The van der Waals surface area contributed by atoms with Crippen molar-refractivity contribution in [2.24, 2.45) is 0 Å². The van der Waals surface area contributed by atoms with Gasteiger partial charge in [0.25, 0.3) is 11.1 Å². The molecule has 0 saturated heterocycles. The number of halogens is 1. The van der Waals surface area contributed by atoms with E-state index in [1.54, 1.807) is 0 Å². The number of methoxy groups -OCH3 is 2. The third-order valence-corrected chi connectivity index (χ3v) is 3.72.